The van der Waals surface area contributed by atoms with E-state index >= 15 is 0 Å². The van der Waals surface area contributed by atoms with E-state index in [1.807, 2.05) is 35.5 Å². The first-order chi connectivity index (χ1) is 11.3. The van der Waals surface area contributed by atoms with Crippen LogP contribution in [0.3, 0.4) is 0 Å². The topological polar surface area (TPSA) is 27.6 Å². The molecule has 0 aliphatic carbocycles. The quantitative estimate of drug-likeness (QED) is 0.889. The number of aryl methyl sites for hydroxylation is 1. The van der Waals surface area contributed by atoms with Gasteiger partial charge in [0.15, 0.2) is 6.29 Å². The van der Waals surface area contributed by atoms with Crippen LogP contribution >= 0.6 is 22.9 Å². The van der Waals surface area contributed by atoms with Crippen LogP contribution in [-0.4, -0.2) is 19.0 Å². The molecule has 3 nitrogen and oxygen atoms in total. The third-order valence-corrected chi connectivity index (χ3v) is 4.88. The fourth-order valence-corrected chi connectivity index (χ4v) is 3.45. The Morgan fingerprint density at radius 1 is 1.29 bits per heavy atom. The number of anilines is 1. The van der Waals surface area contributed by atoms with E-state index < -0.39 is 18.9 Å². The van der Waals surface area contributed by atoms with Crippen molar-refractivity contribution in [2.24, 2.45) is 4.99 Å². The molecule has 3 rings (SSSR count). The summed E-state index contributed by atoms with van der Waals surface area (Å²) in [6, 6.07) is 7.12. The second kappa shape index (κ2) is 6.74. The van der Waals surface area contributed by atoms with Gasteiger partial charge in [0.05, 0.1) is 16.3 Å². The van der Waals surface area contributed by atoms with Gasteiger partial charge in [0.1, 0.15) is 0 Å². The monoisotopic (exact) mass is 373 g/mol. The van der Waals surface area contributed by atoms with Gasteiger partial charge in [0, 0.05) is 23.5 Å². The van der Waals surface area contributed by atoms with Crippen LogP contribution in [-0.2, 0) is 0 Å². The highest BCUT2D eigenvalue weighted by Gasteiger charge is 2.28. The van der Waals surface area contributed by atoms with Crippen molar-refractivity contribution in [2.75, 3.05) is 11.4 Å². The first-order valence-electron chi connectivity index (χ1n) is 7.31. The van der Waals surface area contributed by atoms with Crippen LogP contribution in [0.4, 0.5) is 18.9 Å². The van der Waals surface area contributed by atoms with E-state index in [0.29, 0.717) is 5.02 Å². The average Bonchev–Trinajstić information content (AvgIpc) is 2.87. The molecule has 1 N–H and O–H groups in total. The Morgan fingerprint density at radius 3 is 2.67 bits per heavy atom. The summed E-state index contributed by atoms with van der Waals surface area (Å²) in [7, 11) is 0. The maximum absolute atomic E-state index is 12.4. The molecule has 24 heavy (non-hydrogen) atoms. The molecular formula is C16H15ClF3N3S. The Bertz CT molecular complexity index is 830. The van der Waals surface area contributed by atoms with E-state index in [4.69, 9.17) is 11.6 Å². The maximum Gasteiger partial charge on any atom is 0.390 e. The van der Waals surface area contributed by atoms with E-state index in [-0.39, 0.29) is 6.54 Å². The molecule has 1 unspecified atom stereocenters. The lowest BCUT2D eigenvalue weighted by Crippen LogP contribution is -2.49. The van der Waals surface area contributed by atoms with Crippen LogP contribution in [0.2, 0.25) is 5.02 Å². The van der Waals surface area contributed by atoms with Crippen LogP contribution in [0.5, 0.6) is 0 Å². The highest BCUT2D eigenvalue weighted by molar-refractivity contribution is 7.07. The largest absolute Gasteiger partial charge is 0.390 e. The highest BCUT2D eigenvalue weighted by Crippen LogP contribution is 2.22. The minimum absolute atomic E-state index is 0.200. The molecule has 0 fully saturated rings. The molecule has 1 aromatic heterocycles. The van der Waals surface area contributed by atoms with Gasteiger partial charge >= 0.3 is 6.18 Å². The Morgan fingerprint density at radius 2 is 2.00 bits per heavy atom. The minimum atomic E-state index is -4.19. The molecule has 1 atom stereocenters. The maximum atomic E-state index is 12.4. The zero-order valence-corrected chi connectivity index (χ0v) is 14.3. The molecule has 0 bridgehead atoms. The number of hydrogen-bond donors (Lipinski definition) is 1. The zero-order valence-electron chi connectivity index (χ0n) is 12.8. The van der Waals surface area contributed by atoms with Crippen LogP contribution in [0.1, 0.15) is 12.0 Å². The molecule has 2 aromatic rings. The van der Waals surface area contributed by atoms with Gasteiger partial charge in [0.2, 0.25) is 0 Å². The molecule has 2 heterocycles. The summed E-state index contributed by atoms with van der Waals surface area (Å²) in [5, 5.41) is 6.30. The van der Waals surface area contributed by atoms with Gasteiger partial charge in [-0.25, -0.2) is 4.99 Å². The van der Waals surface area contributed by atoms with Gasteiger partial charge in [0.25, 0.3) is 0 Å². The highest BCUT2D eigenvalue weighted by atomic mass is 35.5. The lowest BCUT2D eigenvalue weighted by molar-refractivity contribution is -0.133. The molecule has 1 aliphatic heterocycles. The predicted molar refractivity (Wildman–Crippen MR) is 90.7 cm³/mol. The van der Waals surface area contributed by atoms with Crippen molar-refractivity contribution in [3.05, 3.63) is 50.1 Å². The summed E-state index contributed by atoms with van der Waals surface area (Å²) in [6.07, 6.45) is -3.77. The number of fused-ring (bicyclic) bond motifs is 1. The van der Waals surface area contributed by atoms with Crippen molar-refractivity contribution >= 4 is 34.8 Å². The molecule has 8 heteroatoms. The van der Waals surface area contributed by atoms with Gasteiger partial charge in [-0.1, -0.05) is 11.6 Å². The average molecular weight is 374 g/mol. The van der Waals surface area contributed by atoms with Crippen molar-refractivity contribution in [3.8, 4) is 0 Å². The fraction of sp³-hybridized carbons (Fsp3) is 0.312. The molecule has 0 saturated heterocycles. The Hall–Kier alpha value is -1.57. The fourth-order valence-electron chi connectivity index (χ4n) is 2.41. The lowest BCUT2D eigenvalue weighted by atomic mass is 10.2. The van der Waals surface area contributed by atoms with Gasteiger partial charge in [-0.3, -0.25) is 5.32 Å². The molecule has 0 saturated carbocycles. The van der Waals surface area contributed by atoms with E-state index in [1.54, 1.807) is 23.5 Å². The predicted octanol–water partition coefficient (Wildman–Crippen LogP) is 3.41. The number of halogens is 4. The Kier molecular flexibility index (Phi) is 4.85. The van der Waals surface area contributed by atoms with Crippen LogP contribution in [0.15, 0.2) is 34.6 Å². The van der Waals surface area contributed by atoms with Crippen molar-refractivity contribution in [1.29, 1.82) is 0 Å². The first kappa shape index (κ1) is 17.3. The summed E-state index contributed by atoms with van der Waals surface area (Å²) < 4.78 is 38.3. The van der Waals surface area contributed by atoms with E-state index in [9.17, 15) is 13.2 Å². The standard InChI is InChI=1S/C16H15ClF3N3S/c1-10-9-24-13-8-23(12-4-2-11(17)3-5-12)15(22-14(10)13)21-7-6-16(18,19)20/h2-5,8-9,15,21H,6-7H2,1H3. The second-order valence-electron chi connectivity index (χ2n) is 5.47. The van der Waals surface area contributed by atoms with Crippen LogP contribution in [0.25, 0.3) is 6.20 Å². The second-order valence-corrected chi connectivity index (χ2v) is 6.81. The molecule has 0 spiro atoms. The smallest absolute Gasteiger partial charge is 0.312 e. The van der Waals surface area contributed by atoms with Gasteiger partial charge in [-0.15, -0.1) is 11.3 Å². The van der Waals surface area contributed by atoms with Gasteiger partial charge in [-0.2, -0.15) is 13.2 Å². The third-order valence-electron chi connectivity index (χ3n) is 3.60. The zero-order chi connectivity index (χ0) is 17.3. The van der Waals surface area contributed by atoms with Gasteiger partial charge < -0.3 is 4.90 Å². The first-order valence-corrected chi connectivity index (χ1v) is 8.57. The molecular weight excluding hydrogens is 359 g/mol. The van der Waals surface area contributed by atoms with Crippen LogP contribution in [0, 0.1) is 6.92 Å². The molecule has 0 radical (unpaired) electrons. The SMILES string of the molecule is Cc1csc2c1=NC(NCCC(F)(F)F)N(c1ccc(Cl)cc1)C=2. The van der Waals surface area contributed by atoms with Crippen molar-refractivity contribution in [3.63, 3.8) is 0 Å². The minimum Gasteiger partial charge on any atom is -0.312 e. The van der Waals surface area contributed by atoms with Crippen LogP contribution < -0.4 is 20.1 Å². The summed E-state index contributed by atoms with van der Waals surface area (Å²) in [4.78, 5) is 6.42. The number of nitrogens with one attached hydrogen (secondary N) is 1. The summed E-state index contributed by atoms with van der Waals surface area (Å²) in [5.74, 6) is 0. The summed E-state index contributed by atoms with van der Waals surface area (Å²) >= 11 is 7.47. The summed E-state index contributed by atoms with van der Waals surface area (Å²) in [6.45, 7) is 1.74. The third kappa shape index (κ3) is 3.91. The van der Waals surface area contributed by atoms with Gasteiger partial charge in [-0.05, 0) is 42.1 Å². The van der Waals surface area contributed by atoms with E-state index in [1.165, 1.54) is 0 Å². The molecule has 0 amide bonds. The van der Waals surface area contributed by atoms with Crippen molar-refractivity contribution in [2.45, 2.75) is 25.8 Å². The number of nitrogens with zero attached hydrogens (tertiary/aromatic N) is 2. The molecule has 1 aliphatic rings. The van der Waals surface area contributed by atoms with E-state index in [0.717, 1.165) is 21.1 Å². The number of alkyl halides is 3. The lowest BCUT2D eigenvalue weighted by Gasteiger charge is -2.30. The number of rotatable bonds is 4. The Labute approximate surface area is 146 Å². The number of hydrogen-bond acceptors (Lipinski definition) is 4. The normalized spacial score (nSPS) is 17.2. The summed E-state index contributed by atoms with van der Waals surface area (Å²) in [5.41, 5.74) is 1.83. The van der Waals surface area contributed by atoms with Crippen molar-refractivity contribution in [1.82, 2.24) is 5.32 Å². The molecule has 128 valence electrons. The Balaban J connectivity index is 1.91. The van der Waals surface area contributed by atoms with Crippen molar-refractivity contribution < 1.29 is 13.2 Å². The number of thiophene rings is 1. The number of benzene rings is 1. The molecule has 1 aromatic carbocycles. The van der Waals surface area contributed by atoms with E-state index in [2.05, 4.69) is 10.3 Å².